The number of aliphatic hydroxyl groups excluding tert-OH is 2. The molecule has 0 radical (unpaired) electrons. The molecule has 1 heterocycles. The van der Waals surface area contributed by atoms with Crippen molar-refractivity contribution in [3.63, 3.8) is 0 Å². The molecule has 4 N–H and O–H groups in total. The van der Waals surface area contributed by atoms with Crippen LogP contribution in [0.5, 0.6) is 0 Å². The minimum absolute atomic E-state index is 0.0833. The molecule has 1 aliphatic heterocycles. The highest BCUT2D eigenvalue weighted by molar-refractivity contribution is 5.72. The van der Waals surface area contributed by atoms with Crippen LogP contribution in [0.15, 0.2) is 12.3 Å². The largest absolute Gasteiger partial charge is 0.876 e. The molecule has 2 atom stereocenters. The molecule has 9 nitrogen and oxygen atoms in total. The van der Waals surface area contributed by atoms with Crippen molar-refractivity contribution in [3.05, 3.63) is 12.3 Å². The van der Waals surface area contributed by atoms with Crippen LogP contribution < -0.4 is 5.11 Å². The molecule has 1 rings (SSSR count). The number of carboxylic acid groups (broad SMARTS) is 2. The van der Waals surface area contributed by atoms with Gasteiger partial charge in [0.05, 0.1) is 13.2 Å². The number of aliphatic hydroxyl groups is 2. The van der Waals surface area contributed by atoms with Crippen molar-refractivity contribution in [2.75, 3.05) is 13.2 Å². The minimum atomic E-state index is -1.63. The number of aliphatic carboxylic acids is 2. The lowest BCUT2D eigenvalue weighted by Crippen LogP contribution is -2.26. The molecule has 0 spiro atoms. The van der Waals surface area contributed by atoms with Crippen LogP contribution in [0.4, 0.5) is 0 Å². The Hall–Kier alpha value is -1.68. The highest BCUT2D eigenvalue weighted by Crippen LogP contribution is 2.21. The van der Waals surface area contributed by atoms with Crippen LogP contribution in [0.2, 0.25) is 0 Å². The molecule has 2 unspecified atom stereocenters. The third-order valence-corrected chi connectivity index (χ3v) is 1.74. The zero-order chi connectivity index (χ0) is 17.2. The molecule has 9 heteroatoms. The molecule has 0 aliphatic carbocycles. The van der Waals surface area contributed by atoms with E-state index in [1.807, 2.05) is 0 Å². The van der Waals surface area contributed by atoms with E-state index in [2.05, 4.69) is 6.58 Å². The number of hydrogen-bond donors (Lipinski definition) is 4. The van der Waals surface area contributed by atoms with Crippen LogP contribution in [-0.4, -0.2) is 63.6 Å². The van der Waals surface area contributed by atoms with Crippen molar-refractivity contribution in [2.24, 2.45) is 0 Å². The lowest BCUT2D eigenvalue weighted by Gasteiger charge is -2.15. The summed E-state index contributed by atoms with van der Waals surface area (Å²) in [5, 5.41) is 41.5. The number of ether oxygens (including phenoxy) is 2. The van der Waals surface area contributed by atoms with E-state index in [-0.39, 0.29) is 12.4 Å². The van der Waals surface area contributed by atoms with Gasteiger partial charge in [0, 0.05) is 0 Å². The highest BCUT2D eigenvalue weighted by Gasteiger charge is 2.36. The summed E-state index contributed by atoms with van der Waals surface area (Å²) >= 11 is 0. The van der Waals surface area contributed by atoms with Gasteiger partial charge < -0.3 is 35.0 Å². The van der Waals surface area contributed by atoms with Gasteiger partial charge in [-0.05, 0) is 13.8 Å². The zero-order valence-corrected chi connectivity index (χ0v) is 12.1. The first-order chi connectivity index (χ1) is 9.42. The Balaban J connectivity index is 0. The summed E-state index contributed by atoms with van der Waals surface area (Å²) in [4.78, 5) is 19.8. The Morgan fingerprint density at radius 2 is 1.86 bits per heavy atom. The normalized spacial score (nSPS) is 20.1. The Kier molecular flexibility index (Phi) is 10.4. The summed E-state index contributed by atoms with van der Waals surface area (Å²) in [7, 11) is 0. The van der Waals surface area contributed by atoms with Crippen LogP contribution in [0.3, 0.4) is 0 Å². The van der Waals surface area contributed by atoms with E-state index >= 15 is 0 Å². The monoisotopic (exact) mass is 309 g/mol. The predicted molar refractivity (Wildman–Crippen MR) is 68.1 cm³/mol. The molecule has 0 bridgehead atoms. The lowest BCUT2D eigenvalue weighted by atomic mass is 10.4. The second-order valence-corrected chi connectivity index (χ2v) is 4.39. The molecule has 1 aliphatic rings. The first-order valence-electron chi connectivity index (χ1n) is 5.81. The van der Waals surface area contributed by atoms with Crippen LogP contribution >= 0.6 is 0 Å². The first kappa shape index (κ1) is 21.6. The molecular formula is C12H21O9-. The van der Waals surface area contributed by atoms with E-state index in [4.69, 9.17) is 29.9 Å². The summed E-state index contributed by atoms with van der Waals surface area (Å²) in [6, 6.07) is 0. The van der Waals surface area contributed by atoms with Crippen LogP contribution in [0.1, 0.15) is 20.8 Å². The van der Waals surface area contributed by atoms with E-state index in [1.165, 1.54) is 6.92 Å². The topological polar surface area (TPSA) is 157 Å². The molecule has 0 aromatic rings. The average Bonchev–Trinajstić information content (AvgIpc) is 2.68. The Morgan fingerprint density at radius 3 is 1.95 bits per heavy atom. The Labute approximate surface area is 122 Å². The van der Waals surface area contributed by atoms with Crippen LogP contribution in [-0.2, 0) is 19.1 Å². The van der Waals surface area contributed by atoms with Crippen LogP contribution in [0.25, 0.3) is 0 Å². The fraction of sp³-hybridized carbons (Fsp3) is 0.667. The molecular weight excluding hydrogens is 288 g/mol. The van der Waals surface area contributed by atoms with Gasteiger partial charge in [-0.25, -0.2) is 9.59 Å². The maximum absolute atomic E-state index is 10.3. The van der Waals surface area contributed by atoms with Gasteiger partial charge in [-0.15, -0.1) is 12.3 Å². The van der Waals surface area contributed by atoms with Crippen molar-refractivity contribution >= 4 is 11.9 Å². The highest BCUT2D eigenvalue weighted by atomic mass is 16.7. The average molecular weight is 309 g/mol. The Morgan fingerprint density at radius 1 is 1.43 bits per heavy atom. The minimum Gasteiger partial charge on any atom is -0.876 e. The fourth-order valence-electron chi connectivity index (χ4n) is 0.887. The van der Waals surface area contributed by atoms with Crippen molar-refractivity contribution in [1.82, 2.24) is 0 Å². The fourth-order valence-corrected chi connectivity index (χ4v) is 0.887. The van der Waals surface area contributed by atoms with E-state index in [1.54, 1.807) is 13.8 Å². The third-order valence-electron chi connectivity index (χ3n) is 1.74. The summed E-state index contributed by atoms with van der Waals surface area (Å²) in [5.41, 5.74) is 0. The summed E-state index contributed by atoms with van der Waals surface area (Å²) < 4.78 is 10.00. The molecule has 1 fully saturated rings. The Bertz CT molecular complexity index is 347. The predicted octanol–water partition coefficient (Wildman–Crippen LogP) is -1.47. The van der Waals surface area contributed by atoms with E-state index in [0.29, 0.717) is 0 Å². The van der Waals surface area contributed by atoms with Gasteiger partial charge in [0.2, 0.25) is 0 Å². The first-order valence-corrected chi connectivity index (χ1v) is 5.81. The second kappa shape index (κ2) is 10.1. The molecule has 1 saturated heterocycles. The van der Waals surface area contributed by atoms with E-state index in [9.17, 15) is 14.7 Å². The van der Waals surface area contributed by atoms with Gasteiger partial charge in [-0.2, -0.15) is 0 Å². The van der Waals surface area contributed by atoms with E-state index < -0.39 is 36.5 Å². The number of carbonyl (C=O) groups is 2. The number of hydrogen-bond acceptors (Lipinski definition) is 7. The van der Waals surface area contributed by atoms with Gasteiger partial charge in [0.15, 0.2) is 18.0 Å². The van der Waals surface area contributed by atoms with Crippen molar-refractivity contribution in [1.29, 1.82) is 0 Å². The molecule has 124 valence electrons. The van der Waals surface area contributed by atoms with Gasteiger partial charge in [0.1, 0.15) is 0 Å². The number of allylic oxidation sites excluding steroid dienone is 1. The maximum atomic E-state index is 10.3. The molecule has 0 aromatic heterocycles. The third kappa shape index (κ3) is 13.1. The summed E-state index contributed by atoms with van der Waals surface area (Å²) in [5.74, 6) is -3.18. The number of carboxylic acids is 2. The van der Waals surface area contributed by atoms with Crippen molar-refractivity contribution in [2.45, 2.75) is 38.8 Å². The smallest absolute Gasteiger partial charge is 0.335 e. The zero-order valence-electron chi connectivity index (χ0n) is 12.1. The summed E-state index contributed by atoms with van der Waals surface area (Å²) in [6.45, 7) is 7.21. The van der Waals surface area contributed by atoms with Crippen molar-refractivity contribution in [3.8, 4) is 0 Å². The number of rotatable bonds is 3. The van der Waals surface area contributed by atoms with E-state index in [0.717, 1.165) is 0 Å². The lowest BCUT2D eigenvalue weighted by molar-refractivity contribution is -0.300. The standard InChI is InChI=1S/C6H10O4.C3H6O4.C3H6O/c1-6(2)9-3-4(10-6)5(7)8;4-1-2(5)3(6)7;1-3(2)4/h4H,3H2,1-2H3,(H,7,8);2,4-5H,1H2,(H,6,7);4H,1H2,2H3/p-1. The van der Waals surface area contributed by atoms with Crippen molar-refractivity contribution < 1.29 is 44.6 Å². The van der Waals surface area contributed by atoms with Crippen LogP contribution in [0, 0.1) is 0 Å². The molecule has 0 saturated carbocycles. The molecule has 21 heavy (non-hydrogen) atoms. The van der Waals surface area contributed by atoms with Gasteiger partial charge in [-0.1, -0.05) is 6.92 Å². The summed E-state index contributed by atoms with van der Waals surface area (Å²) in [6.07, 6.45) is -2.42. The van der Waals surface area contributed by atoms with Gasteiger partial charge in [-0.3, -0.25) is 0 Å². The SMILES string of the molecule is C=C(C)[O-].CC1(C)OCC(C(=O)O)O1.O=C(O)C(O)CO. The second-order valence-electron chi connectivity index (χ2n) is 4.39. The quantitative estimate of drug-likeness (QED) is 0.457. The van der Waals surface area contributed by atoms with Gasteiger partial charge in [0.25, 0.3) is 0 Å². The van der Waals surface area contributed by atoms with Gasteiger partial charge >= 0.3 is 11.9 Å². The molecule has 0 aromatic carbocycles. The maximum Gasteiger partial charge on any atom is 0.335 e. The molecule has 0 amide bonds.